The van der Waals surface area contributed by atoms with Gasteiger partial charge in [-0.05, 0) is 24.9 Å². The van der Waals surface area contributed by atoms with E-state index in [9.17, 15) is 4.79 Å². The fourth-order valence-electron chi connectivity index (χ4n) is 1.61. The molecule has 16 heavy (non-hydrogen) atoms. The summed E-state index contributed by atoms with van der Waals surface area (Å²) in [7, 11) is 0. The van der Waals surface area contributed by atoms with E-state index in [1.165, 1.54) is 5.56 Å². The standard InChI is InChI=1S/C13H19NO2/c1-10(8-13(15)16)9-14-11(2)12-6-4-3-5-7-12/h3-7,10-11,14H,8-9H2,1-2H3,(H,15,16). The molecule has 1 rings (SSSR count). The van der Waals surface area contributed by atoms with Crippen LogP contribution in [0.2, 0.25) is 0 Å². The summed E-state index contributed by atoms with van der Waals surface area (Å²) in [6.07, 6.45) is 0.217. The molecular weight excluding hydrogens is 202 g/mol. The van der Waals surface area contributed by atoms with Crippen LogP contribution in [0.3, 0.4) is 0 Å². The summed E-state index contributed by atoms with van der Waals surface area (Å²) in [6.45, 7) is 4.75. The largest absolute Gasteiger partial charge is 0.481 e. The van der Waals surface area contributed by atoms with Gasteiger partial charge in [-0.3, -0.25) is 4.79 Å². The minimum absolute atomic E-state index is 0.156. The number of aliphatic carboxylic acids is 1. The monoisotopic (exact) mass is 221 g/mol. The van der Waals surface area contributed by atoms with Crippen molar-refractivity contribution in [1.29, 1.82) is 0 Å². The van der Waals surface area contributed by atoms with Crippen LogP contribution in [0.4, 0.5) is 0 Å². The Bertz CT molecular complexity index is 324. The van der Waals surface area contributed by atoms with Crippen molar-refractivity contribution in [3.05, 3.63) is 35.9 Å². The Morgan fingerprint density at radius 3 is 2.50 bits per heavy atom. The van der Waals surface area contributed by atoms with Gasteiger partial charge in [0.1, 0.15) is 0 Å². The number of nitrogens with one attached hydrogen (secondary N) is 1. The molecule has 0 heterocycles. The van der Waals surface area contributed by atoms with E-state index in [-0.39, 0.29) is 18.4 Å². The van der Waals surface area contributed by atoms with Gasteiger partial charge in [0.15, 0.2) is 0 Å². The molecule has 2 atom stereocenters. The Kier molecular flexibility index (Phi) is 4.99. The van der Waals surface area contributed by atoms with E-state index < -0.39 is 5.97 Å². The molecule has 1 aromatic rings. The molecule has 0 radical (unpaired) electrons. The van der Waals surface area contributed by atoms with Crippen molar-refractivity contribution in [1.82, 2.24) is 5.32 Å². The van der Waals surface area contributed by atoms with Crippen LogP contribution >= 0.6 is 0 Å². The highest BCUT2D eigenvalue weighted by Crippen LogP contribution is 2.12. The average Bonchev–Trinajstić information content (AvgIpc) is 2.26. The van der Waals surface area contributed by atoms with Gasteiger partial charge in [-0.15, -0.1) is 0 Å². The number of hydrogen-bond acceptors (Lipinski definition) is 2. The first kappa shape index (κ1) is 12.7. The number of carbonyl (C=O) groups is 1. The Labute approximate surface area is 96.5 Å². The van der Waals surface area contributed by atoms with E-state index in [0.717, 1.165) is 6.54 Å². The zero-order valence-corrected chi connectivity index (χ0v) is 9.81. The fourth-order valence-corrected chi connectivity index (χ4v) is 1.61. The average molecular weight is 221 g/mol. The number of rotatable bonds is 6. The zero-order chi connectivity index (χ0) is 12.0. The number of hydrogen-bond donors (Lipinski definition) is 2. The molecule has 0 saturated carbocycles. The molecule has 2 unspecified atom stereocenters. The Morgan fingerprint density at radius 2 is 1.94 bits per heavy atom. The van der Waals surface area contributed by atoms with Crippen molar-refractivity contribution in [2.24, 2.45) is 5.92 Å². The Morgan fingerprint density at radius 1 is 1.31 bits per heavy atom. The summed E-state index contributed by atoms with van der Waals surface area (Å²) in [6, 6.07) is 10.4. The van der Waals surface area contributed by atoms with Gasteiger partial charge in [0.2, 0.25) is 0 Å². The van der Waals surface area contributed by atoms with Crippen molar-refractivity contribution in [2.45, 2.75) is 26.3 Å². The van der Waals surface area contributed by atoms with Gasteiger partial charge in [-0.25, -0.2) is 0 Å². The van der Waals surface area contributed by atoms with Gasteiger partial charge >= 0.3 is 5.97 Å². The van der Waals surface area contributed by atoms with Crippen LogP contribution in [0.1, 0.15) is 31.9 Å². The van der Waals surface area contributed by atoms with Crippen molar-refractivity contribution in [3.63, 3.8) is 0 Å². The molecule has 0 amide bonds. The van der Waals surface area contributed by atoms with Crippen molar-refractivity contribution < 1.29 is 9.90 Å². The maximum atomic E-state index is 10.5. The van der Waals surface area contributed by atoms with Gasteiger partial charge in [-0.1, -0.05) is 37.3 Å². The minimum atomic E-state index is -0.735. The second-order valence-corrected chi connectivity index (χ2v) is 4.24. The molecule has 88 valence electrons. The third kappa shape index (κ3) is 4.45. The Hall–Kier alpha value is -1.35. The summed E-state index contributed by atoms with van der Waals surface area (Å²) >= 11 is 0. The second kappa shape index (κ2) is 6.28. The molecule has 0 fully saturated rings. The summed E-state index contributed by atoms with van der Waals surface area (Å²) in [5.41, 5.74) is 1.23. The lowest BCUT2D eigenvalue weighted by Gasteiger charge is -2.17. The molecule has 3 nitrogen and oxygen atoms in total. The molecule has 0 aromatic heterocycles. The van der Waals surface area contributed by atoms with Crippen LogP contribution in [0.5, 0.6) is 0 Å². The van der Waals surface area contributed by atoms with Crippen LogP contribution < -0.4 is 5.32 Å². The normalized spacial score (nSPS) is 14.4. The highest BCUT2D eigenvalue weighted by Gasteiger charge is 2.09. The van der Waals surface area contributed by atoms with E-state index in [4.69, 9.17) is 5.11 Å². The van der Waals surface area contributed by atoms with Crippen LogP contribution in [0.25, 0.3) is 0 Å². The van der Waals surface area contributed by atoms with Crippen LogP contribution in [-0.4, -0.2) is 17.6 Å². The van der Waals surface area contributed by atoms with Crippen molar-refractivity contribution in [3.8, 4) is 0 Å². The van der Waals surface area contributed by atoms with Crippen LogP contribution in [-0.2, 0) is 4.79 Å². The first-order valence-corrected chi connectivity index (χ1v) is 5.59. The molecule has 0 bridgehead atoms. The molecule has 0 aliphatic rings. The first-order chi connectivity index (χ1) is 7.59. The van der Waals surface area contributed by atoms with Crippen molar-refractivity contribution in [2.75, 3.05) is 6.54 Å². The van der Waals surface area contributed by atoms with Gasteiger partial charge in [0.25, 0.3) is 0 Å². The van der Waals surface area contributed by atoms with Gasteiger partial charge in [0.05, 0.1) is 0 Å². The molecule has 1 aromatic carbocycles. The molecular formula is C13H19NO2. The SMILES string of the molecule is CC(CNC(C)c1ccccc1)CC(=O)O. The molecule has 0 aliphatic heterocycles. The summed E-state index contributed by atoms with van der Waals surface area (Å²) < 4.78 is 0. The van der Waals surface area contributed by atoms with Gasteiger partial charge in [0, 0.05) is 12.5 Å². The molecule has 2 N–H and O–H groups in total. The predicted molar refractivity (Wildman–Crippen MR) is 64.3 cm³/mol. The van der Waals surface area contributed by atoms with Gasteiger partial charge < -0.3 is 10.4 Å². The molecule has 0 saturated heterocycles. The van der Waals surface area contributed by atoms with E-state index in [1.807, 2.05) is 25.1 Å². The van der Waals surface area contributed by atoms with Crippen LogP contribution in [0.15, 0.2) is 30.3 Å². The number of benzene rings is 1. The van der Waals surface area contributed by atoms with Crippen LogP contribution in [0, 0.1) is 5.92 Å². The summed E-state index contributed by atoms with van der Waals surface area (Å²) in [4.78, 5) is 10.5. The highest BCUT2D eigenvalue weighted by atomic mass is 16.4. The lowest BCUT2D eigenvalue weighted by molar-refractivity contribution is -0.137. The van der Waals surface area contributed by atoms with E-state index >= 15 is 0 Å². The molecule has 3 heteroatoms. The quantitative estimate of drug-likeness (QED) is 0.775. The summed E-state index contributed by atoms with van der Waals surface area (Å²) in [5.74, 6) is -0.578. The fraction of sp³-hybridized carbons (Fsp3) is 0.462. The topological polar surface area (TPSA) is 49.3 Å². The first-order valence-electron chi connectivity index (χ1n) is 5.59. The minimum Gasteiger partial charge on any atom is -0.481 e. The third-order valence-electron chi connectivity index (χ3n) is 2.60. The molecule has 0 aliphatic carbocycles. The van der Waals surface area contributed by atoms with E-state index in [1.54, 1.807) is 0 Å². The van der Waals surface area contributed by atoms with Crippen molar-refractivity contribution >= 4 is 5.97 Å². The number of carboxylic acid groups (broad SMARTS) is 1. The summed E-state index contributed by atoms with van der Waals surface area (Å²) in [5, 5.41) is 12.0. The van der Waals surface area contributed by atoms with E-state index in [2.05, 4.69) is 24.4 Å². The van der Waals surface area contributed by atoms with Gasteiger partial charge in [-0.2, -0.15) is 0 Å². The Balaban J connectivity index is 2.35. The zero-order valence-electron chi connectivity index (χ0n) is 9.81. The molecule has 0 spiro atoms. The maximum absolute atomic E-state index is 10.5. The lowest BCUT2D eigenvalue weighted by Crippen LogP contribution is -2.25. The lowest BCUT2D eigenvalue weighted by atomic mass is 10.1. The van der Waals surface area contributed by atoms with E-state index in [0.29, 0.717) is 0 Å². The highest BCUT2D eigenvalue weighted by molar-refractivity contribution is 5.66. The third-order valence-corrected chi connectivity index (χ3v) is 2.60. The predicted octanol–water partition coefficient (Wildman–Crippen LogP) is 2.45. The second-order valence-electron chi connectivity index (χ2n) is 4.24. The maximum Gasteiger partial charge on any atom is 0.303 e. The number of carboxylic acids is 1. The smallest absolute Gasteiger partial charge is 0.303 e.